The minimum atomic E-state index is -0.852. The van der Waals surface area contributed by atoms with E-state index in [1.54, 1.807) is 12.1 Å². The van der Waals surface area contributed by atoms with Gasteiger partial charge in [-0.05, 0) is 38.8 Å². The predicted molar refractivity (Wildman–Crippen MR) is 130 cm³/mol. The van der Waals surface area contributed by atoms with Crippen LogP contribution in [0.3, 0.4) is 0 Å². The van der Waals surface area contributed by atoms with E-state index in [0.717, 1.165) is 5.69 Å². The summed E-state index contributed by atoms with van der Waals surface area (Å²) in [6.45, 7) is 7.43. The van der Waals surface area contributed by atoms with E-state index in [4.69, 9.17) is 23.7 Å². The minimum absolute atomic E-state index is 0.00306. The molecule has 0 aromatic heterocycles. The number of benzene rings is 1. The summed E-state index contributed by atoms with van der Waals surface area (Å²) in [4.78, 5) is 15.3. The number of carbonyl (C=O) groups is 1. The first-order valence-corrected chi connectivity index (χ1v) is 11.6. The number of aliphatic hydroxyl groups is 1. The smallest absolute Gasteiger partial charge is 0.342 e. The molecule has 0 amide bonds. The lowest BCUT2D eigenvalue weighted by atomic mass is 9.98. The van der Waals surface area contributed by atoms with Crippen molar-refractivity contribution in [3.8, 4) is 5.75 Å². The molecule has 34 heavy (non-hydrogen) atoms. The Kier molecular flexibility index (Phi) is 8.41. The SMILES string of the molecule is COCOc1cc(N(C)C)cc2c1C(=O)O[C@@H](C)[C@H](C)/C=C\C(O)C1OC(C)(C)O[C@H]1CC=C2. The van der Waals surface area contributed by atoms with E-state index < -0.39 is 30.1 Å². The molecule has 0 radical (unpaired) electrons. The molecular weight excluding hydrogens is 438 g/mol. The monoisotopic (exact) mass is 475 g/mol. The van der Waals surface area contributed by atoms with E-state index in [-0.39, 0.29) is 18.8 Å². The summed E-state index contributed by atoms with van der Waals surface area (Å²) in [5.74, 6) is -1.05. The number of anilines is 1. The molecule has 5 atom stereocenters. The Morgan fingerprint density at radius 2 is 1.91 bits per heavy atom. The molecule has 0 bridgehead atoms. The van der Waals surface area contributed by atoms with Gasteiger partial charge in [-0.15, -0.1) is 0 Å². The van der Waals surface area contributed by atoms with Crippen LogP contribution in [0.1, 0.15) is 50.0 Å². The molecular formula is C26H37NO7. The summed E-state index contributed by atoms with van der Waals surface area (Å²) < 4.78 is 28.8. The van der Waals surface area contributed by atoms with Crippen LogP contribution in [0.5, 0.6) is 5.75 Å². The number of nitrogens with zero attached hydrogens (tertiary/aromatic N) is 1. The number of carbonyl (C=O) groups excluding carboxylic acids is 1. The van der Waals surface area contributed by atoms with E-state index in [1.807, 2.05) is 71.0 Å². The molecule has 8 heteroatoms. The van der Waals surface area contributed by atoms with Crippen molar-refractivity contribution in [1.82, 2.24) is 0 Å². The Morgan fingerprint density at radius 3 is 2.59 bits per heavy atom. The van der Waals surface area contributed by atoms with Gasteiger partial charge in [0.05, 0.1) is 6.10 Å². The van der Waals surface area contributed by atoms with Gasteiger partial charge in [0.15, 0.2) is 12.6 Å². The molecule has 3 rings (SSSR count). The molecule has 1 aromatic carbocycles. The van der Waals surface area contributed by atoms with Crippen LogP contribution in [0.2, 0.25) is 0 Å². The zero-order valence-corrected chi connectivity index (χ0v) is 21.1. The van der Waals surface area contributed by atoms with Gasteiger partial charge in [-0.3, -0.25) is 0 Å². The lowest BCUT2D eigenvalue weighted by Crippen LogP contribution is -2.34. The van der Waals surface area contributed by atoms with Crippen molar-refractivity contribution in [3.05, 3.63) is 41.5 Å². The summed E-state index contributed by atoms with van der Waals surface area (Å²) in [6, 6.07) is 3.71. The maximum Gasteiger partial charge on any atom is 0.342 e. The molecule has 0 spiro atoms. The largest absolute Gasteiger partial charge is 0.467 e. The van der Waals surface area contributed by atoms with Crippen molar-refractivity contribution in [2.24, 2.45) is 5.92 Å². The van der Waals surface area contributed by atoms with Gasteiger partial charge < -0.3 is 33.7 Å². The molecule has 1 fully saturated rings. The summed E-state index contributed by atoms with van der Waals surface area (Å²) in [5.41, 5.74) is 1.85. The van der Waals surface area contributed by atoms with Crippen LogP contribution in [0.15, 0.2) is 30.4 Å². The molecule has 2 aliphatic rings. The normalized spacial score (nSPS) is 30.0. The van der Waals surface area contributed by atoms with E-state index in [0.29, 0.717) is 23.3 Å². The first-order valence-electron chi connectivity index (χ1n) is 11.6. The highest BCUT2D eigenvalue weighted by atomic mass is 16.8. The number of fused-ring (bicyclic) bond motifs is 2. The maximum atomic E-state index is 13.3. The van der Waals surface area contributed by atoms with E-state index in [1.165, 1.54) is 7.11 Å². The lowest BCUT2D eigenvalue weighted by molar-refractivity contribution is -0.152. The number of cyclic esters (lactones) is 1. The van der Waals surface area contributed by atoms with Gasteiger partial charge in [-0.2, -0.15) is 0 Å². The molecule has 188 valence electrons. The zero-order chi connectivity index (χ0) is 25.0. The standard InChI is InChI=1S/C26H37NO7/c1-16-11-12-20(28)24-21(33-26(3,4)34-24)10-8-9-18-13-19(27(5)6)14-22(31-15-30-7)23(18)25(29)32-17(16)2/h8-9,11-14,16-17,20-21,24,28H,10,15H2,1-7H3/b9-8?,12-11-/t16-,17+,20?,21+,24?/m1/s1. The third-order valence-electron chi connectivity index (χ3n) is 6.04. The highest BCUT2D eigenvalue weighted by Gasteiger charge is 2.43. The Balaban J connectivity index is 2.09. The molecule has 2 unspecified atom stereocenters. The van der Waals surface area contributed by atoms with Crippen molar-refractivity contribution in [1.29, 1.82) is 0 Å². The number of aliphatic hydroxyl groups excluding tert-OH is 1. The fraction of sp³-hybridized carbons (Fsp3) is 0.577. The van der Waals surface area contributed by atoms with Gasteiger partial charge in [0.1, 0.15) is 29.6 Å². The van der Waals surface area contributed by atoms with Crippen molar-refractivity contribution in [2.45, 2.75) is 64.3 Å². The fourth-order valence-electron chi connectivity index (χ4n) is 4.02. The van der Waals surface area contributed by atoms with Gasteiger partial charge in [0.25, 0.3) is 0 Å². The lowest BCUT2D eigenvalue weighted by Gasteiger charge is -2.23. The second-order valence-electron chi connectivity index (χ2n) is 9.48. The molecule has 1 saturated heterocycles. The number of hydrogen-bond acceptors (Lipinski definition) is 8. The Hall–Kier alpha value is -2.39. The maximum absolute atomic E-state index is 13.3. The van der Waals surface area contributed by atoms with Crippen molar-refractivity contribution in [3.63, 3.8) is 0 Å². The van der Waals surface area contributed by atoms with Crippen LogP contribution < -0.4 is 9.64 Å². The quantitative estimate of drug-likeness (QED) is 0.400. The number of hydrogen-bond donors (Lipinski definition) is 1. The van der Waals surface area contributed by atoms with E-state index in [2.05, 4.69) is 0 Å². The topological polar surface area (TPSA) is 86.7 Å². The molecule has 2 aliphatic heterocycles. The van der Waals surface area contributed by atoms with Gasteiger partial charge in [0.2, 0.25) is 0 Å². The van der Waals surface area contributed by atoms with Gasteiger partial charge in [-0.25, -0.2) is 4.79 Å². The first kappa shape index (κ1) is 26.2. The number of rotatable bonds is 4. The molecule has 0 saturated carbocycles. The van der Waals surface area contributed by atoms with Crippen LogP contribution >= 0.6 is 0 Å². The second-order valence-corrected chi connectivity index (χ2v) is 9.48. The Bertz CT molecular complexity index is 924. The van der Waals surface area contributed by atoms with Crippen LogP contribution in [-0.2, 0) is 18.9 Å². The Morgan fingerprint density at radius 1 is 1.18 bits per heavy atom. The zero-order valence-electron chi connectivity index (χ0n) is 21.1. The van der Waals surface area contributed by atoms with Gasteiger partial charge in [-0.1, -0.05) is 31.2 Å². The molecule has 0 aliphatic carbocycles. The van der Waals surface area contributed by atoms with Gasteiger partial charge in [0, 0.05) is 38.9 Å². The minimum Gasteiger partial charge on any atom is -0.467 e. The highest BCUT2D eigenvalue weighted by molar-refractivity contribution is 5.97. The van der Waals surface area contributed by atoms with Crippen LogP contribution in [-0.4, -0.2) is 69.3 Å². The van der Waals surface area contributed by atoms with Crippen molar-refractivity contribution in [2.75, 3.05) is 32.9 Å². The average Bonchev–Trinajstić information content (AvgIpc) is 3.08. The first-order chi connectivity index (χ1) is 16.0. The summed E-state index contributed by atoms with van der Waals surface area (Å²) in [7, 11) is 5.36. The van der Waals surface area contributed by atoms with Crippen molar-refractivity contribution < 1.29 is 33.6 Å². The van der Waals surface area contributed by atoms with Crippen LogP contribution in [0.4, 0.5) is 5.69 Å². The molecule has 1 N–H and O–H groups in total. The average molecular weight is 476 g/mol. The third-order valence-corrected chi connectivity index (χ3v) is 6.04. The second kappa shape index (κ2) is 10.9. The van der Waals surface area contributed by atoms with Crippen LogP contribution in [0, 0.1) is 5.92 Å². The number of ether oxygens (including phenoxy) is 5. The number of methoxy groups -OCH3 is 1. The Labute approximate surface area is 202 Å². The molecule has 2 heterocycles. The summed E-state index contributed by atoms with van der Waals surface area (Å²) in [6.07, 6.45) is 5.64. The highest BCUT2D eigenvalue weighted by Crippen LogP contribution is 2.35. The van der Waals surface area contributed by atoms with E-state index in [9.17, 15) is 9.90 Å². The van der Waals surface area contributed by atoms with E-state index >= 15 is 0 Å². The van der Waals surface area contributed by atoms with Crippen molar-refractivity contribution >= 4 is 17.7 Å². The number of esters is 1. The summed E-state index contributed by atoms with van der Waals surface area (Å²) >= 11 is 0. The van der Waals surface area contributed by atoms with Crippen LogP contribution in [0.25, 0.3) is 6.08 Å². The van der Waals surface area contributed by atoms with Gasteiger partial charge >= 0.3 is 5.97 Å². The summed E-state index contributed by atoms with van der Waals surface area (Å²) in [5, 5.41) is 10.8. The fourth-order valence-corrected chi connectivity index (χ4v) is 4.02. The molecule has 1 aromatic rings. The molecule has 8 nitrogen and oxygen atoms in total. The third kappa shape index (κ3) is 6.18. The predicted octanol–water partition coefficient (Wildman–Crippen LogP) is 3.77.